The third-order valence-electron chi connectivity index (χ3n) is 2.21. The maximum Gasteiger partial charge on any atom is 0.471 e. The lowest BCUT2D eigenvalue weighted by molar-refractivity contribution is -0.167. The lowest BCUT2D eigenvalue weighted by atomic mass is 10.1. The summed E-state index contributed by atoms with van der Waals surface area (Å²) in [5, 5.41) is 7.41. The van der Waals surface area contributed by atoms with Gasteiger partial charge in [-0.15, -0.1) is 0 Å². The molecule has 7 heteroatoms. The number of amides is 1. The van der Waals surface area contributed by atoms with Gasteiger partial charge in [0.15, 0.2) is 0 Å². The summed E-state index contributed by atoms with van der Waals surface area (Å²) in [4.78, 5) is 11.0. The van der Waals surface area contributed by atoms with E-state index in [1.54, 1.807) is 26.2 Å². The van der Waals surface area contributed by atoms with Gasteiger partial charge in [0.2, 0.25) is 0 Å². The number of halogens is 3. The van der Waals surface area contributed by atoms with Crippen molar-refractivity contribution in [2.45, 2.75) is 6.18 Å². The van der Waals surface area contributed by atoms with Gasteiger partial charge in [0.1, 0.15) is 0 Å². The van der Waals surface area contributed by atoms with E-state index in [0.717, 1.165) is 0 Å². The maximum atomic E-state index is 12.3. The fourth-order valence-electron chi connectivity index (χ4n) is 1.43. The van der Waals surface area contributed by atoms with Crippen LogP contribution in [0.3, 0.4) is 0 Å². The number of para-hydroxylation sites is 1. The average Bonchev–Trinajstić information content (AvgIpc) is 2.35. The Morgan fingerprint density at radius 3 is 2.45 bits per heavy atom. The number of carbonyl (C=O) groups excluding carboxylic acids is 1. The summed E-state index contributed by atoms with van der Waals surface area (Å²) in [6, 6.07) is 6.07. The van der Waals surface area contributed by atoms with Crippen molar-refractivity contribution in [1.29, 1.82) is 0 Å². The van der Waals surface area contributed by atoms with Crippen molar-refractivity contribution in [1.82, 2.24) is 5.01 Å². The van der Waals surface area contributed by atoms with Crippen LogP contribution in [-0.2, 0) is 4.79 Å². The van der Waals surface area contributed by atoms with Crippen molar-refractivity contribution in [3.05, 3.63) is 42.5 Å². The molecule has 20 heavy (non-hydrogen) atoms. The van der Waals surface area contributed by atoms with Crippen LogP contribution in [0.15, 0.2) is 42.0 Å². The number of carbonyl (C=O) groups is 1. The molecule has 0 heterocycles. The molecule has 1 aromatic carbocycles. The summed E-state index contributed by atoms with van der Waals surface area (Å²) in [6.45, 7) is 3.57. The molecule has 0 aromatic heterocycles. The minimum Gasteiger partial charge on any atom is -0.318 e. The van der Waals surface area contributed by atoms with Gasteiger partial charge in [0, 0.05) is 19.7 Å². The van der Waals surface area contributed by atoms with Crippen LogP contribution >= 0.6 is 0 Å². The first-order chi connectivity index (χ1) is 9.25. The lowest BCUT2D eigenvalue weighted by Gasteiger charge is -2.14. The Hall–Kier alpha value is -2.31. The standard InChI is InChI=1S/C13H14F3N3O/c1-4-10(18-19(2)3)9-7-5-6-8-11(9)17-12(20)13(14,15)16/h4-8H,1H2,2-3H3,(H,17,20). The van der Waals surface area contributed by atoms with E-state index >= 15 is 0 Å². The van der Waals surface area contributed by atoms with E-state index in [2.05, 4.69) is 11.7 Å². The van der Waals surface area contributed by atoms with Crippen molar-refractivity contribution < 1.29 is 18.0 Å². The highest BCUT2D eigenvalue weighted by atomic mass is 19.4. The molecule has 0 bridgehead atoms. The molecule has 1 N–H and O–H groups in total. The van der Waals surface area contributed by atoms with Gasteiger partial charge in [-0.2, -0.15) is 18.3 Å². The molecule has 4 nitrogen and oxygen atoms in total. The van der Waals surface area contributed by atoms with Crippen molar-refractivity contribution in [2.75, 3.05) is 19.4 Å². The number of benzene rings is 1. The molecule has 0 saturated carbocycles. The van der Waals surface area contributed by atoms with Crippen LogP contribution in [0.4, 0.5) is 18.9 Å². The number of alkyl halides is 3. The highest BCUT2D eigenvalue weighted by Gasteiger charge is 2.39. The highest BCUT2D eigenvalue weighted by Crippen LogP contribution is 2.21. The number of allylic oxidation sites excluding steroid dienone is 1. The molecular formula is C13H14F3N3O. The van der Waals surface area contributed by atoms with E-state index in [1.807, 2.05) is 5.32 Å². The van der Waals surface area contributed by atoms with Gasteiger partial charge in [0.05, 0.1) is 11.4 Å². The second-order valence-electron chi connectivity index (χ2n) is 4.03. The Bertz CT molecular complexity index is 536. The first-order valence-electron chi connectivity index (χ1n) is 5.61. The van der Waals surface area contributed by atoms with E-state index in [-0.39, 0.29) is 5.69 Å². The minimum absolute atomic E-state index is 0.0234. The molecule has 0 fully saturated rings. The minimum atomic E-state index is -4.94. The smallest absolute Gasteiger partial charge is 0.318 e. The molecule has 1 rings (SSSR count). The predicted molar refractivity (Wildman–Crippen MR) is 71.5 cm³/mol. The Balaban J connectivity index is 3.17. The number of hydrogen-bond acceptors (Lipinski definition) is 3. The van der Waals surface area contributed by atoms with Crippen LogP contribution in [0, 0.1) is 0 Å². The molecule has 0 unspecified atom stereocenters. The first-order valence-corrected chi connectivity index (χ1v) is 5.61. The second kappa shape index (κ2) is 6.23. The third-order valence-corrected chi connectivity index (χ3v) is 2.21. The first kappa shape index (κ1) is 15.7. The summed E-state index contributed by atoms with van der Waals surface area (Å²) in [5.41, 5.74) is 0.734. The van der Waals surface area contributed by atoms with Crippen molar-refractivity contribution in [3.8, 4) is 0 Å². The Kier molecular flexibility index (Phi) is 4.90. The fourth-order valence-corrected chi connectivity index (χ4v) is 1.43. The summed E-state index contributed by atoms with van der Waals surface area (Å²) in [5.74, 6) is -2.03. The van der Waals surface area contributed by atoms with Gasteiger partial charge < -0.3 is 10.3 Å². The molecular weight excluding hydrogens is 271 g/mol. The average molecular weight is 285 g/mol. The molecule has 1 aromatic rings. The molecule has 0 radical (unpaired) electrons. The van der Waals surface area contributed by atoms with Gasteiger partial charge in [-0.1, -0.05) is 24.8 Å². The highest BCUT2D eigenvalue weighted by molar-refractivity contribution is 6.13. The number of rotatable bonds is 4. The Morgan fingerprint density at radius 2 is 1.95 bits per heavy atom. The molecule has 0 aliphatic rings. The SMILES string of the molecule is C=CC(=NN(C)C)c1ccccc1NC(=O)C(F)(F)F. The van der Waals surface area contributed by atoms with Crippen LogP contribution in [0.5, 0.6) is 0 Å². The van der Waals surface area contributed by atoms with E-state index in [0.29, 0.717) is 11.3 Å². The molecule has 1 amide bonds. The summed E-state index contributed by atoms with van der Waals surface area (Å²) in [6.07, 6.45) is -3.54. The van der Waals surface area contributed by atoms with Crippen LogP contribution in [-0.4, -0.2) is 36.9 Å². The van der Waals surface area contributed by atoms with Crippen LogP contribution in [0.2, 0.25) is 0 Å². The molecule has 0 aliphatic heterocycles. The number of hydrazone groups is 1. The van der Waals surface area contributed by atoms with Gasteiger partial charge in [-0.25, -0.2) is 0 Å². The molecule has 0 aliphatic carbocycles. The number of nitrogens with one attached hydrogen (secondary N) is 1. The summed E-state index contributed by atoms with van der Waals surface area (Å²) in [7, 11) is 3.33. The number of nitrogens with zero attached hydrogens (tertiary/aromatic N) is 2. The van der Waals surface area contributed by atoms with Crippen LogP contribution in [0.1, 0.15) is 5.56 Å². The lowest BCUT2D eigenvalue weighted by Crippen LogP contribution is -2.30. The van der Waals surface area contributed by atoms with Crippen LogP contribution in [0.25, 0.3) is 0 Å². The quantitative estimate of drug-likeness (QED) is 0.682. The Morgan fingerprint density at radius 1 is 1.35 bits per heavy atom. The van der Waals surface area contributed by atoms with Crippen molar-refractivity contribution in [3.63, 3.8) is 0 Å². The Labute approximate surface area is 114 Å². The van der Waals surface area contributed by atoms with Gasteiger partial charge in [0.25, 0.3) is 0 Å². The zero-order valence-electron chi connectivity index (χ0n) is 11.0. The van der Waals surface area contributed by atoms with Gasteiger partial charge >= 0.3 is 12.1 Å². The number of hydrogen-bond donors (Lipinski definition) is 1. The monoisotopic (exact) mass is 285 g/mol. The third kappa shape index (κ3) is 4.11. The largest absolute Gasteiger partial charge is 0.471 e. The van der Waals surface area contributed by atoms with Crippen molar-refractivity contribution in [2.24, 2.45) is 5.10 Å². The van der Waals surface area contributed by atoms with E-state index in [9.17, 15) is 18.0 Å². The molecule has 108 valence electrons. The fraction of sp³-hybridized carbons (Fsp3) is 0.231. The molecule has 0 atom stereocenters. The van der Waals surface area contributed by atoms with Crippen molar-refractivity contribution >= 4 is 17.3 Å². The zero-order valence-corrected chi connectivity index (χ0v) is 11.0. The van der Waals surface area contributed by atoms with E-state index in [1.165, 1.54) is 23.2 Å². The normalized spacial score (nSPS) is 11.9. The molecule has 0 spiro atoms. The second-order valence-corrected chi connectivity index (χ2v) is 4.03. The van der Waals surface area contributed by atoms with Crippen LogP contribution < -0.4 is 5.32 Å². The summed E-state index contributed by atoms with van der Waals surface area (Å²) >= 11 is 0. The van der Waals surface area contributed by atoms with E-state index in [4.69, 9.17) is 0 Å². The predicted octanol–water partition coefficient (Wildman–Crippen LogP) is 2.64. The van der Waals surface area contributed by atoms with Gasteiger partial charge in [-0.3, -0.25) is 4.79 Å². The maximum absolute atomic E-state index is 12.3. The molecule has 0 saturated heterocycles. The van der Waals surface area contributed by atoms with Gasteiger partial charge in [-0.05, 0) is 12.1 Å². The zero-order chi connectivity index (χ0) is 15.3. The number of anilines is 1. The summed E-state index contributed by atoms with van der Waals surface area (Å²) < 4.78 is 36.9. The van der Waals surface area contributed by atoms with E-state index < -0.39 is 12.1 Å². The topological polar surface area (TPSA) is 44.7 Å².